The Bertz CT molecular complexity index is 1340. The van der Waals surface area contributed by atoms with Crippen LogP contribution in [-0.2, 0) is 4.43 Å². The van der Waals surface area contributed by atoms with Gasteiger partial charge in [-0.2, -0.15) is 0 Å². The highest BCUT2D eigenvalue weighted by atomic mass is 28.4. The van der Waals surface area contributed by atoms with Crippen molar-refractivity contribution in [2.24, 2.45) is 0 Å². The molecule has 0 atom stereocenters. The van der Waals surface area contributed by atoms with E-state index in [1.54, 1.807) is 24.3 Å². The van der Waals surface area contributed by atoms with E-state index in [1.165, 1.54) is 6.08 Å². The smallest absolute Gasteiger partial charge is 0.347 e. The van der Waals surface area contributed by atoms with Crippen LogP contribution < -0.4 is 15.6 Å². The summed E-state index contributed by atoms with van der Waals surface area (Å²) in [6, 6.07) is 31.9. The van der Waals surface area contributed by atoms with Gasteiger partial charge in [0.25, 0.3) is 0 Å². The van der Waals surface area contributed by atoms with Gasteiger partial charge in [0.1, 0.15) is 0 Å². The van der Waals surface area contributed by atoms with Crippen LogP contribution in [0.15, 0.2) is 109 Å². The number of aryl methyl sites for hydroxylation is 3. The number of fused-ring (bicyclic) bond motifs is 1. The average Bonchev–Trinajstić information content (AvgIpc) is 2.87. The minimum Gasteiger partial charge on any atom is -0.528 e. The van der Waals surface area contributed by atoms with Gasteiger partial charge in [-0.1, -0.05) is 114 Å². The van der Waals surface area contributed by atoms with E-state index in [-0.39, 0.29) is 17.3 Å². The van der Waals surface area contributed by atoms with E-state index in [4.69, 9.17) is 4.43 Å². The number of rotatable bonds is 5. The largest absolute Gasteiger partial charge is 0.528 e. The summed E-state index contributed by atoms with van der Waals surface area (Å²) in [5, 5.41) is 3.03. The molecule has 0 radical (unpaired) electrons. The molecule has 4 heteroatoms. The molecule has 0 saturated carbocycles. The van der Waals surface area contributed by atoms with Gasteiger partial charge in [0.2, 0.25) is 5.78 Å². The molecule has 0 heterocycles. The lowest BCUT2D eigenvalue weighted by Crippen LogP contribution is -2.69. The predicted molar refractivity (Wildman–Crippen MR) is 142 cm³/mol. The summed E-state index contributed by atoms with van der Waals surface area (Å²) >= 11 is 0. The maximum absolute atomic E-state index is 13.6. The second-order valence-electron chi connectivity index (χ2n) is 9.13. The number of ketones is 2. The Labute approximate surface area is 206 Å². The molecule has 4 aromatic rings. The van der Waals surface area contributed by atoms with Crippen LogP contribution in [0.25, 0.3) is 0 Å². The van der Waals surface area contributed by atoms with E-state index in [0.29, 0.717) is 11.1 Å². The summed E-state index contributed by atoms with van der Waals surface area (Å²) in [7, 11) is -3.21. The summed E-state index contributed by atoms with van der Waals surface area (Å²) in [4.78, 5) is 26.6. The fourth-order valence-corrected chi connectivity index (χ4v) is 8.32. The van der Waals surface area contributed by atoms with Crippen molar-refractivity contribution >= 4 is 35.4 Å². The van der Waals surface area contributed by atoms with Gasteiger partial charge in [0.05, 0.1) is 0 Å². The molecule has 0 bridgehead atoms. The van der Waals surface area contributed by atoms with Crippen LogP contribution in [0.5, 0.6) is 0 Å². The molecule has 0 saturated heterocycles. The molecule has 0 aromatic heterocycles. The first-order chi connectivity index (χ1) is 16.9. The third-order valence-electron chi connectivity index (χ3n) is 6.56. The van der Waals surface area contributed by atoms with E-state index in [1.807, 2.05) is 0 Å². The highest BCUT2D eigenvalue weighted by molar-refractivity contribution is 7.07. The summed E-state index contributed by atoms with van der Waals surface area (Å²) in [5.74, 6) is -0.375. The number of benzene rings is 4. The Hall–Kier alpha value is -4.02. The van der Waals surface area contributed by atoms with Gasteiger partial charge in [0, 0.05) is 17.2 Å². The molecule has 0 amide bonds. The van der Waals surface area contributed by atoms with Crippen molar-refractivity contribution < 1.29 is 14.0 Å². The second-order valence-corrected chi connectivity index (χ2v) is 12.4. The zero-order valence-corrected chi connectivity index (χ0v) is 21.0. The Morgan fingerprint density at radius 1 is 0.543 bits per heavy atom. The average molecular weight is 475 g/mol. The minimum atomic E-state index is -3.21. The van der Waals surface area contributed by atoms with Gasteiger partial charge in [-0.05, 0) is 36.3 Å². The van der Waals surface area contributed by atoms with Crippen LogP contribution in [0.4, 0.5) is 0 Å². The van der Waals surface area contributed by atoms with Crippen LogP contribution in [0, 0.1) is 20.8 Å². The summed E-state index contributed by atoms with van der Waals surface area (Å²) in [5.41, 5.74) is 4.22. The van der Waals surface area contributed by atoms with Crippen molar-refractivity contribution in [2.45, 2.75) is 20.8 Å². The van der Waals surface area contributed by atoms with E-state index in [0.717, 1.165) is 32.3 Å². The molecule has 3 nitrogen and oxygen atoms in total. The van der Waals surface area contributed by atoms with Gasteiger partial charge >= 0.3 is 8.32 Å². The lowest BCUT2D eigenvalue weighted by atomic mass is 9.94. The first kappa shape index (κ1) is 22.8. The normalized spacial score (nSPS) is 13.3. The standard InChI is InChI=1S/C31H26O3Si/c1-21-8-14-24(15-9-21)35(25-16-10-22(2)11-17-25,26-18-12-23(3)13-19-26)34-30-20-29(32)27-6-4-5-7-28(27)31(30)33/h4-20H,1-3H3. The van der Waals surface area contributed by atoms with Crippen molar-refractivity contribution in [1.29, 1.82) is 0 Å². The number of allylic oxidation sites excluding steroid dienone is 2. The first-order valence-electron chi connectivity index (χ1n) is 11.7. The Balaban J connectivity index is 1.77. The zero-order valence-electron chi connectivity index (χ0n) is 20.0. The molecule has 1 aliphatic rings. The zero-order chi connectivity index (χ0) is 24.6. The van der Waals surface area contributed by atoms with Crippen molar-refractivity contribution in [3.05, 3.63) is 137 Å². The molecule has 5 rings (SSSR count). The van der Waals surface area contributed by atoms with Crippen molar-refractivity contribution in [3.63, 3.8) is 0 Å². The van der Waals surface area contributed by atoms with E-state index in [2.05, 4.69) is 93.6 Å². The second kappa shape index (κ2) is 8.97. The SMILES string of the molecule is Cc1ccc([Si](OC2=CC(=O)c3ccccc3C2=O)(c2ccc(C)cc2)c2ccc(C)cc2)cc1. The maximum Gasteiger partial charge on any atom is 0.347 e. The maximum atomic E-state index is 13.6. The van der Waals surface area contributed by atoms with Crippen LogP contribution in [0.3, 0.4) is 0 Å². The lowest BCUT2D eigenvalue weighted by Gasteiger charge is -2.35. The van der Waals surface area contributed by atoms with Gasteiger partial charge in [-0.3, -0.25) is 9.59 Å². The van der Waals surface area contributed by atoms with Gasteiger partial charge < -0.3 is 4.43 Å². The number of Topliss-reactive ketones (excluding diaryl/α,β-unsaturated/α-hetero) is 1. The number of hydrogen-bond acceptors (Lipinski definition) is 3. The van der Waals surface area contributed by atoms with Crippen LogP contribution in [0.1, 0.15) is 37.4 Å². The predicted octanol–water partition coefficient (Wildman–Crippen LogP) is 4.56. The van der Waals surface area contributed by atoms with Crippen molar-refractivity contribution in [2.75, 3.05) is 0 Å². The third-order valence-corrected chi connectivity index (χ3v) is 10.5. The lowest BCUT2D eigenvalue weighted by molar-refractivity contribution is 0.0946. The van der Waals surface area contributed by atoms with Crippen molar-refractivity contribution in [1.82, 2.24) is 0 Å². The molecule has 4 aromatic carbocycles. The van der Waals surface area contributed by atoms with Crippen LogP contribution in [-0.4, -0.2) is 19.9 Å². The molecule has 0 aliphatic heterocycles. The number of hydrogen-bond donors (Lipinski definition) is 0. The molecule has 0 N–H and O–H groups in total. The topological polar surface area (TPSA) is 43.4 Å². The number of carbonyl (C=O) groups excluding carboxylic acids is 2. The highest BCUT2D eigenvalue weighted by Crippen LogP contribution is 2.25. The summed E-state index contributed by atoms with van der Waals surface area (Å²) < 4.78 is 6.93. The van der Waals surface area contributed by atoms with Crippen LogP contribution >= 0.6 is 0 Å². The molecular weight excluding hydrogens is 448 g/mol. The van der Waals surface area contributed by atoms with E-state index in [9.17, 15) is 9.59 Å². The Morgan fingerprint density at radius 3 is 1.37 bits per heavy atom. The molecule has 1 aliphatic carbocycles. The summed E-state index contributed by atoms with van der Waals surface area (Å²) in [6.07, 6.45) is 1.36. The van der Waals surface area contributed by atoms with Gasteiger partial charge in [0.15, 0.2) is 11.5 Å². The molecule has 172 valence electrons. The van der Waals surface area contributed by atoms with Crippen LogP contribution in [0.2, 0.25) is 0 Å². The number of carbonyl (C=O) groups is 2. The Kier molecular flexibility index (Phi) is 5.83. The molecule has 35 heavy (non-hydrogen) atoms. The van der Waals surface area contributed by atoms with E-state index >= 15 is 0 Å². The molecular formula is C31H26O3Si. The van der Waals surface area contributed by atoms with Gasteiger partial charge in [-0.25, -0.2) is 0 Å². The van der Waals surface area contributed by atoms with Gasteiger partial charge in [-0.15, -0.1) is 0 Å². The monoisotopic (exact) mass is 474 g/mol. The molecule has 0 fully saturated rings. The first-order valence-corrected chi connectivity index (χ1v) is 13.6. The fraction of sp³-hybridized carbons (Fsp3) is 0.0968. The van der Waals surface area contributed by atoms with E-state index < -0.39 is 8.32 Å². The fourth-order valence-electron chi connectivity index (χ4n) is 4.57. The van der Waals surface area contributed by atoms with Crippen molar-refractivity contribution in [3.8, 4) is 0 Å². The quantitative estimate of drug-likeness (QED) is 0.315. The molecule has 0 spiro atoms. The Morgan fingerprint density at radius 2 is 0.943 bits per heavy atom. The minimum absolute atomic E-state index is 0.0992. The molecule has 0 unspecified atom stereocenters. The third kappa shape index (κ3) is 4.06. The summed E-state index contributed by atoms with van der Waals surface area (Å²) in [6.45, 7) is 6.15. The highest BCUT2D eigenvalue weighted by Gasteiger charge is 2.46.